The summed E-state index contributed by atoms with van der Waals surface area (Å²) in [5.41, 5.74) is 1.63. The Morgan fingerprint density at radius 1 is 1.29 bits per heavy atom. The lowest BCUT2D eigenvalue weighted by Gasteiger charge is -2.19. The predicted molar refractivity (Wildman–Crippen MR) is 81.6 cm³/mol. The molecule has 21 heavy (non-hydrogen) atoms. The van der Waals surface area contributed by atoms with Crippen molar-refractivity contribution >= 4 is 11.9 Å². The Labute approximate surface area is 125 Å². The molecule has 0 radical (unpaired) electrons. The number of hydrogen-bond acceptors (Lipinski definition) is 3. The molecule has 1 aromatic rings. The lowest BCUT2D eigenvalue weighted by Crippen LogP contribution is -2.32. The van der Waals surface area contributed by atoms with Crippen LogP contribution < -0.4 is 0 Å². The van der Waals surface area contributed by atoms with Crippen LogP contribution in [-0.2, 0) is 9.47 Å². The van der Waals surface area contributed by atoms with E-state index in [9.17, 15) is 4.79 Å². The third kappa shape index (κ3) is 4.56. The van der Waals surface area contributed by atoms with E-state index in [1.807, 2.05) is 30.0 Å². The van der Waals surface area contributed by atoms with E-state index in [-0.39, 0.29) is 5.91 Å². The molecule has 0 bridgehead atoms. The molecule has 2 rings (SSSR count). The standard InChI is InChI=1S/C16H22N2O3/c1-13-6-5-7-14(12-13)15(19)17-16(21-11-10-20-2)18-8-3-4-9-18/h5-7,12H,3-4,8-11H2,1-2H3. The fourth-order valence-corrected chi connectivity index (χ4v) is 2.25. The summed E-state index contributed by atoms with van der Waals surface area (Å²) >= 11 is 0. The molecular weight excluding hydrogens is 268 g/mol. The Kier molecular flexibility index (Phi) is 5.75. The zero-order chi connectivity index (χ0) is 15.1. The first-order valence-corrected chi connectivity index (χ1v) is 7.27. The van der Waals surface area contributed by atoms with Crippen LogP contribution in [0.4, 0.5) is 0 Å². The minimum Gasteiger partial charge on any atom is -0.462 e. The summed E-state index contributed by atoms with van der Waals surface area (Å²) in [6.07, 6.45) is 2.20. The normalized spacial score (nSPS) is 15.3. The van der Waals surface area contributed by atoms with Gasteiger partial charge in [-0.15, -0.1) is 0 Å². The summed E-state index contributed by atoms with van der Waals surface area (Å²) in [4.78, 5) is 18.5. The molecule has 5 heteroatoms. The Hall–Kier alpha value is -1.88. The lowest BCUT2D eigenvalue weighted by molar-refractivity contribution is 0.0984. The molecule has 1 amide bonds. The van der Waals surface area contributed by atoms with Crippen molar-refractivity contribution in [2.24, 2.45) is 4.99 Å². The summed E-state index contributed by atoms with van der Waals surface area (Å²) in [6.45, 7) is 4.59. The molecular formula is C16H22N2O3. The maximum Gasteiger partial charge on any atom is 0.295 e. The van der Waals surface area contributed by atoms with Gasteiger partial charge in [-0.05, 0) is 31.9 Å². The minimum absolute atomic E-state index is 0.266. The largest absolute Gasteiger partial charge is 0.462 e. The maximum atomic E-state index is 12.3. The highest BCUT2D eigenvalue weighted by molar-refractivity contribution is 6.01. The molecule has 1 saturated heterocycles. The van der Waals surface area contributed by atoms with E-state index in [1.165, 1.54) is 0 Å². The van der Waals surface area contributed by atoms with Crippen LogP contribution >= 0.6 is 0 Å². The second-order valence-corrected chi connectivity index (χ2v) is 5.10. The number of carbonyl (C=O) groups is 1. The van der Waals surface area contributed by atoms with E-state index < -0.39 is 0 Å². The lowest BCUT2D eigenvalue weighted by atomic mass is 10.1. The third-order valence-corrected chi connectivity index (χ3v) is 3.36. The summed E-state index contributed by atoms with van der Waals surface area (Å²) in [7, 11) is 1.62. The smallest absolute Gasteiger partial charge is 0.295 e. The third-order valence-electron chi connectivity index (χ3n) is 3.36. The number of nitrogens with zero attached hydrogens (tertiary/aromatic N) is 2. The van der Waals surface area contributed by atoms with Gasteiger partial charge in [0.05, 0.1) is 6.61 Å². The van der Waals surface area contributed by atoms with Crippen LogP contribution in [0.25, 0.3) is 0 Å². The van der Waals surface area contributed by atoms with Crippen molar-refractivity contribution in [3.63, 3.8) is 0 Å². The minimum atomic E-state index is -0.266. The maximum absolute atomic E-state index is 12.3. The number of amidine groups is 1. The highest BCUT2D eigenvalue weighted by atomic mass is 16.5. The zero-order valence-electron chi connectivity index (χ0n) is 12.7. The molecule has 0 saturated carbocycles. The number of amides is 1. The van der Waals surface area contributed by atoms with Crippen molar-refractivity contribution in [2.75, 3.05) is 33.4 Å². The molecule has 5 nitrogen and oxygen atoms in total. The molecule has 0 unspecified atom stereocenters. The van der Waals surface area contributed by atoms with E-state index in [0.29, 0.717) is 24.8 Å². The number of aliphatic imine (C=N–C) groups is 1. The van der Waals surface area contributed by atoms with E-state index in [1.54, 1.807) is 13.2 Å². The molecule has 1 fully saturated rings. The second-order valence-electron chi connectivity index (χ2n) is 5.10. The van der Waals surface area contributed by atoms with Crippen molar-refractivity contribution in [1.29, 1.82) is 0 Å². The molecule has 1 heterocycles. The summed E-state index contributed by atoms with van der Waals surface area (Å²) in [5.74, 6) is -0.266. The van der Waals surface area contributed by atoms with Gasteiger partial charge in [0, 0.05) is 25.8 Å². The number of aryl methyl sites for hydroxylation is 1. The van der Waals surface area contributed by atoms with E-state index in [4.69, 9.17) is 9.47 Å². The first kappa shape index (κ1) is 15.5. The van der Waals surface area contributed by atoms with Crippen molar-refractivity contribution in [1.82, 2.24) is 4.90 Å². The van der Waals surface area contributed by atoms with Crippen molar-refractivity contribution in [3.8, 4) is 0 Å². The van der Waals surface area contributed by atoms with Crippen LogP contribution in [0.5, 0.6) is 0 Å². The average molecular weight is 290 g/mol. The second kappa shape index (κ2) is 7.78. The van der Waals surface area contributed by atoms with Gasteiger partial charge in [-0.1, -0.05) is 17.7 Å². The molecule has 0 aromatic heterocycles. The summed E-state index contributed by atoms with van der Waals surface area (Å²) < 4.78 is 10.6. The van der Waals surface area contributed by atoms with Crippen LogP contribution in [0.2, 0.25) is 0 Å². The van der Waals surface area contributed by atoms with Crippen LogP contribution in [0, 0.1) is 6.92 Å². The predicted octanol–water partition coefficient (Wildman–Crippen LogP) is 2.25. The molecule has 0 atom stereocenters. The number of carbonyl (C=O) groups excluding carboxylic acids is 1. The van der Waals surface area contributed by atoms with Gasteiger partial charge in [-0.3, -0.25) is 4.79 Å². The van der Waals surface area contributed by atoms with E-state index in [2.05, 4.69) is 4.99 Å². The average Bonchev–Trinajstić information content (AvgIpc) is 3.00. The molecule has 0 N–H and O–H groups in total. The van der Waals surface area contributed by atoms with E-state index in [0.717, 1.165) is 31.5 Å². The van der Waals surface area contributed by atoms with Gasteiger partial charge in [0.2, 0.25) is 0 Å². The zero-order valence-corrected chi connectivity index (χ0v) is 12.7. The molecule has 1 aliphatic rings. The fraction of sp³-hybridized carbons (Fsp3) is 0.500. The topological polar surface area (TPSA) is 51.1 Å². The van der Waals surface area contributed by atoms with Gasteiger partial charge in [-0.2, -0.15) is 4.99 Å². The van der Waals surface area contributed by atoms with Gasteiger partial charge in [0.1, 0.15) is 6.61 Å². The Balaban J connectivity index is 2.11. The molecule has 0 aliphatic carbocycles. The van der Waals surface area contributed by atoms with Gasteiger partial charge in [-0.25, -0.2) is 0 Å². The highest BCUT2D eigenvalue weighted by Gasteiger charge is 2.19. The summed E-state index contributed by atoms with van der Waals surface area (Å²) in [6, 6.07) is 7.84. The van der Waals surface area contributed by atoms with Gasteiger partial charge in [0.25, 0.3) is 11.9 Å². The highest BCUT2D eigenvalue weighted by Crippen LogP contribution is 2.11. The Morgan fingerprint density at radius 2 is 2.05 bits per heavy atom. The molecule has 1 aromatic carbocycles. The SMILES string of the molecule is COCCOC(=NC(=O)c1cccc(C)c1)N1CCCC1. The fourth-order valence-electron chi connectivity index (χ4n) is 2.25. The number of methoxy groups -OCH3 is 1. The Morgan fingerprint density at radius 3 is 2.71 bits per heavy atom. The molecule has 1 aliphatic heterocycles. The van der Waals surface area contributed by atoms with Crippen molar-refractivity contribution in [3.05, 3.63) is 35.4 Å². The molecule has 114 valence electrons. The number of benzene rings is 1. The molecule has 0 spiro atoms. The van der Waals surface area contributed by atoms with Crippen molar-refractivity contribution < 1.29 is 14.3 Å². The number of ether oxygens (including phenoxy) is 2. The monoisotopic (exact) mass is 290 g/mol. The van der Waals surface area contributed by atoms with Crippen LogP contribution in [0.1, 0.15) is 28.8 Å². The Bertz CT molecular complexity index is 508. The number of rotatable bonds is 4. The van der Waals surface area contributed by atoms with Crippen LogP contribution in [0.3, 0.4) is 0 Å². The number of hydrogen-bond donors (Lipinski definition) is 0. The van der Waals surface area contributed by atoms with Gasteiger partial charge < -0.3 is 14.4 Å². The van der Waals surface area contributed by atoms with Gasteiger partial charge >= 0.3 is 0 Å². The van der Waals surface area contributed by atoms with Crippen LogP contribution in [0.15, 0.2) is 29.3 Å². The van der Waals surface area contributed by atoms with E-state index >= 15 is 0 Å². The summed E-state index contributed by atoms with van der Waals surface area (Å²) in [5, 5.41) is 0. The van der Waals surface area contributed by atoms with Crippen molar-refractivity contribution in [2.45, 2.75) is 19.8 Å². The van der Waals surface area contributed by atoms with Gasteiger partial charge in [0.15, 0.2) is 0 Å². The first-order chi connectivity index (χ1) is 10.2. The first-order valence-electron chi connectivity index (χ1n) is 7.27. The quantitative estimate of drug-likeness (QED) is 0.485. The number of likely N-dealkylation sites (tertiary alicyclic amines) is 1. The van der Waals surface area contributed by atoms with Crippen LogP contribution in [-0.4, -0.2) is 50.2 Å².